The Labute approximate surface area is 157 Å². The Bertz CT molecular complexity index is 785. The number of carbonyl (C=O) groups is 1. The van der Waals surface area contributed by atoms with Crippen molar-refractivity contribution in [3.05, 3.63) is 47.5 Å². The third-order valence-electron chi connectivity index (χ3n) is 3.56. The van der Waals surface area contributed by atoms with E-state index in [0.29, 0.717) is 34.3 Å². The molecule has 0 unspecified atom stereocenters. The summed E-state index contributed by atoms with van der Waals surface area (Å²) in [5.74, 6) is 5.18. The minimum atomic E-state index is -0.0870. The summed E-state index contributed by atoms with van der Waals surface area (Å²) >= 11 is 1.15. The molecule has 2 aromatic rings. The average molecular weight is 372 g/mol. The summed E-state index contributed by atoms with van der Waals surface area (Å²) in [6.45, 7) is 0.158. The molecule has 2 rings (SSSR count). The van der Waals surface area contributed by atoms with Crippen LogP contribution in [0.25, 0.3) is 0 Å². The molecule has 0 amide bonds. The second-order valence-electron chi connectivity index (χ2n) is 5.11. The maximum atomic E-state index is 12.5. The molecule has 0 aliphatic rings. The van der Waals surface area contributed by atoms with Crippen LogP contribution in [0.2, 0.25) is 0 Å². The average Bonchev–Trinajstić information content (AvgIpc) is 2.69. The van der Waals surface area contributed by atoms with Gasteiger partial charge in [0.05, 0.1) is 21.3 Å². The first-order valence-corrected chi connectivity index (χ1v) is 8.73. The quantitative estimate of drug-likeness (QED) is 0.657. The summed E-state index contributed by atoms with van der Waals surface area (Å²) in [5.41, 5.74) is 1.32. The molecule has 0 radical (unpaired) electrons. The van der Waals surface area contributed by atoms with Crippen LogP contribution in [0.3, 0.4) is 0 Å². The van der Waals surface area contributed by atoms with Crippen molar-refractivity contribution < 1.29 is 23.7 Å². The number of benzene rings is 2. The van der Waals surface area contributed by atoms with Crippen molar-refractivity contribution in [2.75, 3.05) is 27.9 Å². The second-order valence-corrected chi connectivity index (χ2v) is 6.06. The number of carbonyl (C=O) groups excluding carboxylic acids is 1. The Kier molecular flexibility index (Phi) is 7.24. The Morgan fingerprint density at radius 2 is 1.73 bits per heavy atom. The van der Waals surface area contributed by atoms with Gasteiger partial charge in [-0.3, -0.25) is 4.79 Å². The van der Waals surface area contributed by atoms with Crippen LogP contribution in [0.5, 0.6) is 23.0 Å². The number of hydrogen-bond acceptors (Lipinski definition) is 6. The van der Waals surface area contributed by atoms with E-state index in [2.05, 4.69) is 5.92 Å². The fourth-order valence-electron chi connectivity index (χ4n) is 2.28. The van der Waals surface area contributed by atoms with E-state index in [9.17, 15) is 4.79 Å². The third kappa shape index (κ3) is 4.87. The standard InChI is InChI=1S/C20H20O5S/c1-5-9-25-15-8-6-7-14(10-15)20(21)26-13-17-18(23-3)11-16(22-2)12-19(17)24-4/h1,6-8,10-12H,9,13H2,2-4H3. The Hall–Kier alpha value is -2.78. The maximum Gasteiger partial charge on any atom is 0.219 e. The molecule has 0 fully saturated rings. The molecular weight excluding hydrogens is 352 g/mol. The van der Waals surface area contributed by atoms with Crippen molar-refractivity contribution in [3.63, 3.8) is 0 Å². The molecule has 2 aromatic carbocycles. The number of thioether (sulfide) groups is 1. The van der Waals surface area contributed by atoms with Gasteiger partial charge in [-0.1, -0.05) is 29.8 Å². The minimum Gasteiger partial charge on any atom is -0.496 e. The Balaban J connectivity index is 2.16. The van der Waals surface area contributed by atoms with Gasteiger partial charge in [0.25, 0.3) is 0 Å². The van der Waals surface area contributed by atoms with Crippen molar-refractivity contribution in [3.8, 4) is 35.3 Å². The van der Waals surface area contributed by atoms with Crippen molar-refractivity contribution in [2.45, 2.75) is 5.75 Å². The topological polar surface area (TPSA) is 54.0 Å². The SMILES string of the molecule is C#CCOc1cccc(C(=O)SCc2c(OC)cc(OC)cc2OC)c1. The van der Waals surface area contributed by atoms with Gasteiger partial charge in [0.2, 0.25) is 5.12 Å². The van der Waals surface area contributed by atoms with Gasteiger partial charge in [0.15, 0.2) is 0 Å². The Morgan fingerprint density at radius 3 is 2.31 bits per heavy atom. The number of methoxy groups -OCH3 is 3. The molecule has 0 atom stereocenters. The van der Waals surface area contributed by atoms with Crippen molar-refractivity contribution >= 4 is 16.9 Å². The van der Waals surface area contributed by atoms with Gasteiger partial charge in [-0.15, -0.1) is 6.42 Å². The number of rotatable bonds is 8. The van der Waals surface area contributed by atoms with Gasteiger partial charge in [-0.25, -0.2) is 0 Å². The third-order valence-corrected chi connectivity index (χ3v) is 4.49. The summed E-state index contributed by atoms with van der Waals surface area (Å²) in [7, 11) is 4.70. The molecule has 0 saturated heterocycles. The van der Waals surface area contributed by atoms with E-state index in [1.54, 1.807) is 57.7 Å². The second kappa shape index (κ2) is 9.64. The van der Waals surface area contributed by atoms with Crippen LogP contribution in [0.15, 0.2) is 36.4 Å². The normalized spacial score (nSPS) is 9.92. The number of ether oxygens (including phenoxy) is 4. The molecule has 0 spiro atoms. The van der Waals surface area contributed by atoms with Crippen LogP contribution in [0, 0.1) is 12.3 Å². The molecular formula is C20H20O5S. The molecule has 0 heterocycles. The zero-order chi connectivity index (χ0) is 18.9. The highest BCUT2D eigenvalue weighted by Crippen LogP contribution is 2.37. The lowest BCUT2D eigenvalue weighted by Gasteiger charge is -2.14. The summed E-state index contributed by atoms with van der Waals surface area (Å²) < 4.78 is 21.4. The molecule has 0 aromatic heterocycles. The van der Waals surface area contributed by atoms with E-state index in [-0.39, 0.29) is 11.7 Å². The molecule has 26 heavy (non-hydrogen) atoms. The van der Waals surface area contributed by atoms with Crippen LogP contribution in [0.4, 0.5) is 0 Å². The largest absolute Gasteiger partial charge is 0.496 e. The minimum absolute atomic E-state index is 0.0870. The number of hydrogen-bond donors (Lipinski definition) is 0. The smallest absolute Gasteiger partial charge is 0.219 e. The van der Waals surface area contributed by atoms with Gasteiger partial charge in [-0.2, -0.15) is 0 Å². The lowest BCUT2D eigenvalue weighted by Crippen LogP contribution is -2.00. The number of terminal acetylenes is 1. The monoisotopic (exact) mass is 372 g/mol. The first-order valence-electron chi connectivity index (χ1n) is 7.75. The molecule has 0 aliphatic carbocycles. The molecule has 5 nitrogen and oxygen atoms in total. The lowest BCUT2D eigenvalue weighted by molar-refractivity contribution is 0.108. The summed E-state index contributed by atoms with van der Waals surface area (Å²) in [5, 5.41) is -0.0870. The molecule has 0 saturated carbocycles. The van der Waals surface area contributed by atoms with Crippen LogP contribution >= 0.6 is 11.8 Å². The van der Waals surface area contributed by atoms with Crippen LogP contribution in [-0.4, -0.2) is 33.1 Å². The van der Waals surface area contributed by atoms with Crippen LogP contribution in [-0.2, 0) is 5.75 Å². The van der Waals surface area contributed by atoms with Crippen molar-refractivity contribution in [2.24, 2.45) is 0 Å². The first-order chi connectivity index (χ1) is 12.6. The van der Waals surface area contributed by atoms with E-state index in [4.69, 9.17) is 25.4 Å². The molecule has 0 bridgehead atoms. The molecule has 6 heteroatoms. The van der Waals surface area contributed by atoms with E-state index in [0.717, 1.165) is 17.3 Å². The van der Waals surface area contributed by atoms with Crippen LogP contribution in [0.1, 0.15) is 15.9 Å². The fraction of sp³-hybridized carbons (Fsp3) is 0.250. The van der Waals surface area contributed by atoms with E-state index < -0.39 is 0 Å². The van der Waals surface area contributed by atoms with Crippen molar-refractivity contribution in [1.82, 2.24) is 0 Å². The Morgan fingerprint density at radius 1 is 1.04 bits per heavy atom. The molecule has 0 aliphatic heterocycles. The highest BCUT2D eigenvalue weighted by molar-refractivity contribution is 8.13. The first kappa shape index (κ1) is 19.5. The van der Waals surface area contributed by atoms with Gasteiger partial charge in [0, 0.05) is 29.0 Å². The maximum absolute atomic E-state index is 12.5. The highest BCUT2D eigenvalue weighted by atomic mass is 32.2. The van der Waals surface area contributed by atoms with E-state index in [1.807, 2.05) is 0 Å². The predicted molar refractivity (Wildman–Crippen MR) is 102 cm³/mol. The van der Waals surface area contributed by atoms with Crippen LogP contribution < -0.4 is 18.9 Å². The van der Waals surface area contributed by atoms with E-state index >= 15 is 0 Å². The predicted octanol–water partition coefficient (Wildman–Crippen LogP) is 3.80. The van der Waals surface area contributed by atoms with Gasteiger partial charge in [-0.05, 0) is 12.1 Å². The van der Waals surface area contributed by atoms with Gasteiger partial charge >= 0.3 is 0 Å². The van der Waals surface area contributed by atoms with Gasteiger partial charge in [0.1, 0.15) is 29.6 Å². The highest BCUT2D eigenvalue weighted by Gasteiger charge is 2.16. The summed E-state index contributed by atoms with van der Waals surface area (Å²) in [6.07, 6.45) is 5.18. The zero-order valence-corrected chi connectivity index (χ0v) is 15.7. The molecule has 0 N–H and O–H groups in total. The van der Waals surface area contributed by atoms with Gasteiger partial charge < -0.3 is 18.9 Å². The van der Waals surface area contributed by atoms with E-state index in [1.165, 1.54) is 0 Å². The summed E-state index contributed by atoms with van der Waals surface area (Å²) in [4.78, 5) is 12.5. The molecule has 136 valence electrons. The fourth-order valence-corrected chi connectivity index (χ4v) is 3.13. The van der Waals surface area contributed by atoms with Crippen molar-refractivity contribution in [1.29, 1.82) is 0 Å². The summed E-state index contributed by atoms with van der Waals surface area (Å²) in [6, 6.07) is 10.5. The zero-order valence-electron chi connectivity index (χ0n) is 14.9. The lowest BCUT2D eigenvalue weighted by atomic mass is 10.2.